The molecule has 0 amide bonds. The van der Waals surface area contributed by atoms with Crippen LogP contribution in [0.4, 0.5) is 17.1 Å². The Bertz CT molecular complexity index is 665. The summed E-state index contributed by atoms with van der Waals surface area (Å²) in [5, 5.41) is 31.6. The zero-order chi connectivity index (χ0) is 15.0. The first-order chi connectivity index (χ1) is 8.55. The van der Waals surface area contributed by atoms with Crippen molar-refractivity contribution in [3.05, 3.63) is 42.5 Å². The average molecular weight is 400 g/mol. The van der Waals surface area contributed by atoms with Gasteiger partial charge in [-0.25, -0.2) is 8.42 Å². The maximum absolute atomic E-state index is 10.8. The number of non-ortho nitro benzene ring substituents is 1. The Morgan fingerprint density at radius 2 is 1.20 bits per heavy atom. The van der Waals surface area contributed by atoms with Gasteiger partial charge in [0.2, 0.25) is 4.90 Å². The standard InChI is InChI=1S/C6H3N3O9S.Ag/c10-7(11)3-1-4(8(12)13)6(19(16,17)18)5(2-3)9(14)15;/h1-2H,(H,16,17,18);/q;+1/p-1. The zero-order valence-corrected chi connectivity index (χ0v) is 11.2. The maximum atomic E-state index is 10.8. The van der Waals surface area contributed by atoms with E-state index in [9.17, 15) is 43.3 Å². The van der Waals surface area contributed by atoms with E-state index >= 15 is 0 Å². The Labute approximate surface area is 125 Å². The molecule has 12 nitrogen and oxygen atoms in total. The van der Waals surface area contributed by atoms with Gasteiger partial charge in [-0.2, -0.15) is 0 Å². The van der Waals surface area contributed by atoms with E-state index in [0.717, 1.165) is 0 Å². The van der Waals surface area contributed by atoms with Crippen LogP contribution in [0.1, 0.15) is 0 Å². The minimum atomic E-state index is -5.55. The molecular formula is C6H2AgN3O9S. The maximum Gasteiger partial charge on any atom is 1.00 e. The van der Waals surface area contributed by atoms with E-state index in [1.807, 2.05) is 0 Å². The molecule has 0 aliphatic carbocycles. The smallest absolute Gasteiger partial charge is 0.744 e. The molecule has 0 spiro atoms. The molecule has 0 aromatic heterocycles. The fourth-order valence-electron chi connectivity index (χ4n) is 1.22. The summed E-state index contributed by atoms with van der Waals surface area (Å²) in [5.41, 5.74) is -4.11. The molecule has 20 heavy (non-hydrogen) atoms. The molecule has 1 rings (SSSR count). The first kappa shape index (κ1) is 18.1. The van der Waals surface area contributed by atoms with E-state index in [1.165, 1.54) is 0 Å². The molecule has 0 atom stereocenters. The molecule has 0 saturated carbocycles. The largest absolute Gasteiger partial charge is 1.00 e. The third kappa shape index (κ3) is 3.55. The van der Waals surface area contributed by atoms with Gasteiger partial charge in [0.15, 0.2) is 0 Å². The Hall–Kier alpha value is -1.93. The second-order valence-corrected chi connectivity index (χ2v) is 4.36. The Morgan fingerprint density at radius 1 is 0.850 bits per heavy atom. The fraction of sp³-hybridized carbons (Fsp3) is 0. The van der Waals surface area contributed by atoms with Crippen LogP contribution >= 0.6 is 0 Å². The predicted molar refractivity (Wildman–Crippen MR) is 54.4 cm³/mol. The predicted octanol–water partition coefficient (Wildman–Crippen LogP) is 0.313. The fourth-order valence-corrected chi connectivity index (χ4v) is 2.00. The summed E-state index contributed by atoms with van der Waals surface area (Å²) < 4.78 is 32.5. The van der Waals surface area contributed by atoms with Gasteiger partial charge in [0.1, 0.15) is 10.1 Å². The summed E-state index contributed by atoms with van der Waals surface area (Å²) in [6, 6.07) is 0.329. The van der Waals surface area contributed by atoms with E-state index in [0.29, 0.717) is 0 Å². The molecular weight excluding hydrogens is 398 g/mol. The van der Waals surface area contributed by atoms with Gasteiger partial charge in [-0.15, -0.1) is 0 Å². The van der Waals surface area contributed by atoms with Crippen LogP contribution in [0.3, 0.4) is 0 Å². The van der Waals surface area contributed by atoms with Gasteiger partial charge in [0, 0.05) is 0 Å². The number of hydrogen-bond acceptors (Lipinski definition) is 9. The Morgan fingerprint density at radius 3 is 1.40 bits per heavy atom. The van der Waals surface area contributed by atoms with Gasteiger partial charge in [-0.3, -0.25) is 30.3 Å². The number of nitrogens with zero attached hydrogens (tertiary/aromatic N) is 3. The minimum Gasteiger partial charge on any atom is -0.744 e. The molecule has 0 heterocycles. The molecule has 1 aromatic carbocycles. The van der Waals surface area contributed by atoms with Crippen molar-refractivity contribution in [2.75, 3.05) is 0 Å². The van der Waals surface area contributed by atoms with Gasteiger partial charge in [0.05, 0.1) is 26.9 Å². The first-order valence-electron chi connectivity index (χ1n) is 4.13. The van der Waals surface area contributed by atoms with Crippen molar-refractivity contribution in [1.82, 2.24) is 0 Å². The Balaban J connectivity index is 0.00000361. The van der Waals surface area contributed by atoms with Crippen LogP contribution in [0.5, 0.6) is 0 Å². The summed E-state index contributed by atoms with van der Waals surface area (Å²) in [5.74, 6) is 0. The summed E-state index contributed by atoms with van der Waals surface area (Å²) in [4.78, 5) is 25.8. The van der Waals surface area contributed by atoms with E-state index in [4.69, 9.17) is 0 Å². The van der Waals surface area contributed by atoms with E-state index in [-0.39, 0.29) is 34.5 Å². The molecule has 0 radical (unpaired) electrons. The molecule has 0 N–H and O–H groups in total. The Kier molecular flexibility index (Phi) is 5.44. The van der Waals surface area contributed by atoms with Crippen LogP contribution in [-0.4, -0.2) is 27.7 Å². The van der Waals surface area contributed by atoms with Crippen molar-refractivity contribution in [2.24, 2.45) is 0 Å². The monoisotopic (exact) mass is 399 g/mol. The zero-order valence-electron chi connectivity index (χ0n) is 8.88. The van der Waals surface area contributed by atoms with Crippen LogP contribution in [0.25, 0.3) is 0 Å². The van der Waals surface area contributed by atoms with E-state index in [1.54, 1.807) is 0 Å². The van der Waals surface area contributed by atoms with Crippen LogP contribution in [0, 0.1) is 30.3 Å². The average Bonchev–Trinajstić information content (AvgIpc) is 2.25. The summed E-state index contributed by atoms with van der Waals surface area (Å²) >= 11 is 0. The SMILES string of the molecule is O=[N+]([O-])c1cc([N+](=O)[O-])c(S(=O)(=O)[O-])c([N+](=O)[O-])c1.[Ag+]. The van der Waals surface area contributed by atoms with E-state index in [2.05, 4.69) is 0 Å². The van der Waals surface area contributed by atoms with Gasteiger partial charge < -0.3 is 4.55 Å². The first-order valence-corrected chi connectivity index (χ1v) is 5.53. The van der Waals surface area contributed by atoms with Crippen molar-refractivity contribution in [1.29, 1.82) is 0 Å². The van der Waals surface area contributed by atoms with Gasteiger partial charge >= 0.3 is 33.8 Å². The normalized spacial score (nSPS) is 10.4. The van der Waals surface area contributed by atoms with Crippen LogP contribution in [-0.2, 0) is 32.5 Å². The van der Waals surface area contributed by atoms with Crippen molar-refractivity contribution < 1.29 is 50.1 Å². The van der Waals surface area contributed by atoms with Crippen LogP contribution < -0.4 is 0 Å². The third-order valence-electron chi connectivity index (χ3n) is 1.89. The third-order valence-corrected chi connectivity index (χ3v) is 2.81. The molecule has 14 heteroatoms. The summed E-state index contributed by atoms with van der Waals surface area (Å²) in [6.07, 6.45) is 0. The molecule has 0 fully saturated rings. The molecule has 0 saturated heterocycles. The number of benzene rings is 1. The minimum absolute atomic E-state index is 0. The van der Waals surface area contributed by atoms with Gasteiger partial charge in [-0.05, 0) is 0 Å². The van der Waals surface area contributed by atoms with Gasteiger partial charge in [0.25, 0.3) is 5.69 Å². The number of rotatable bonds is 4. The molecule has 0 aliphatic heterocycles. The molecule has 0 bridgehead atoms. The van der Waals surface area contributed by atoms with Gasteiger partial charge in [-0.1, -0.05) is 0 Å². The van der Waals surface area contributed by atoms with Crippen molar-refractivity contribution in [3.8, 4) is 0 Å². The number of hydrogen-bond donors (Lipinski definition) is 0. The van der Waals surface area contributed by atoms with Crippen LogP contribution in [0.2, 0.25) is 0 Å². The summed E-state index contributed by atoms with van der Waals surface area (Å²) in [7, 11) is -5.55. The number of nitro groups is 3. The molecule has 0 aliphatic rings. The quantitative estimate of drug-likeness (QED) is 0.297. The molecule has 1 aromatic rings. The summed E-state index contributed by atoms with van der Waals surface area (Å²) in [6.45, 7) is 0. The second-order valence-electron chi connectivity index (χ2n) is 3.04. The van der Waals surface area contributed by atoms with Crippen LogP contribution in [0.15, 0.2) is 17.0 Å². The van der Waals surface area contributed by atoms with Crippen molar-refractivity contribution in [2.45, 2.75) is 4.90 Å². The van der Waals surface area contributed by atoms with Crippen molar-refractivity contribution in [3.63, 3.8) is 0 Å². The number of nitro benzene ring substituents is 3. The second kappa shape index (κ2) is 6.02. The molecule has 0 unspecified atom stereocenters. The molecule has 112 valence electrons. The topological polar surface area (TPSA) is 187 Å². The van der Waals surface area contributed by atoms with E-state index < -0.39 is 46.8 Å². The van der Waals surface area contributed by atoms with Crippen molar-refractivity contribution >= 4 is 27.2 Å².